The average molecular weight is 382 g/mol. The number of aliphatic carboxylic acids is 1. The van der Waals surface area contributed by atoms with E-state index in [4.69, 9.17) is 0 Å². The molecule has 27 heavy (non-hydrogen) atoms. The Labute approximate surface area is 157 Å². The van der Waals surface area contributed by atoms with E-state index in [2.05, 4.69) is 10.3 Å². The van der Waals surface area contributed by atoms with E-state index < -0.39 is 17.9 Å². The molecule has 3 N–H and O–H groups in total. The predicted molar refractivity (Wildman–Crippen MR) is 103 cm³/mol. The standard InChI is InChI=1S/C20H15FN2O3S/c21-13-5-6-17-11(7-13)9-18(27-17)19(24)23-16(20(25)26)8-12-10-22-15-4-2-1-3-14(12)15/h1-7,9-10,16,22H,8H2,(H,23,24)(H,25,26)/t16-/m1/s1. The van der Waals surface area contributed by atoms with Gasteiger partial charge in [-0.1, -0.05) is 18.2 Å². The molecular weight excluding hydrogens is 367 g/mol. The van der Waals surface area contributed by atoms with Gasteiger partial charge in [0.1, 0.15) is 11.9 Å². The molecule has 0 bridgehead atoms. The minimum atomic E-state index is -1.11. The Morgan fingerprint density at radius 2 is 2.00 bits per heavy atom. The molecule has 4 rings (SSSR count). The maximum atomic E-state index is 13.3. The summed E-state index contributed by atoms with van der Waals surface area (Å²) in [5, 5.41) is 13.7. The Morgan fingerprint density at radius 3 is 2.81 bits per heavy atom. The third-order valence-corrected chi connectivity index (χ3v) is 5.52. The molecule has 0 saturated carbocycles. The van der Waals surface area contributed by atoms with Gasteiger partial charge >= 0.3 is 5.97 Å². The molecule has 1 atom stereocenters. The Kier molecular flexibility index (Phi) is 4.37. The summed E-state index contributed by atoms with van der Waals surface area (Å²) in [5.74, 6) is -1.97. The quantitative estimate of drug-likeness (QED) is 0.489. The molecule has 0 fully saturated rings. The monoisotopic (exact) mass is 382 g/mol. The number of aromatic amines is 1. The highest BCUT2D eigenvalue weighted by Gasteiger charge is 2.23. The van der Waals surface area contributed by atoms with Gasteiger partial charge in [0, 0.05) is 28.2 Å². The van der Waals surface area contributed by atoms with E-state index in [0.717, 1.165) is 21.2 Å². The summed E-state index contributed by atoms with van der Waals surface area (Å²) in [5.41, 5.74) is 1.73. The summed E-state index contributed by atoms with van der Waals surface area (Å²) in [6.45, 7) is 0. The van der Waals surface area contributed by atoms with Crippen LogP contribution in [0.1, 0.15) is 15.2 Å². The molecule has 2 aromatic heterocycles. The smallest absolute Gasteiger partial charge is 0.326 e. The van der Waals surface area contributed by atoms with Crippen LogP contribution in [0.25, 0.3) is 21.0 Å². The van der Waals surface area contributed by atoms with Crippen LogP contribution in [0.3, 0.4) is 0 Å². The normalized spacial score (nSPS) is 12.3. The third-order valence-electron chi connectivity index (χ3n) is 4.40. The number of halogens is 1. The van der Waals surface area contributed by atoms with Crippen molar-refractivity contribution >= 4 is 44.2 Å². The first kappa shape index (κ1) is 17.2. The molecule has 2 aromatic carbocycles. The number of carbonyl (C=O) groups is 2. The number of fused-ring (bicyclic) bond motifs is 2. The van der Waals surface area contributed by atoms with Crippen molar-refractivity contribution in [2.45, 2.75) is 12.5 Å². The molecule has 0 spiro atoms. The summed E-state index contributed by atoms with van der Waals surface area (Å²) in [7, 11) is 0. The number of carbonyl (C=O) groups excluding carboxylic acids is 1. The predicted octanol–water partition coefficient (Wildman–Crippen LogP) is 3.95. The molecule has 0 aliphatic rings. The fourth-order valence-electron chi connectivity index (χ4n) is 3.08. The lowest BCUT2D eigenvalue weighted by molar-refractivity contribution is -0.139. The van der Waals surface area contributed by atoms with E-state index >= 15 is 0 Å². The van der Waals surface area contributed by atoms with Crippen molar-refractivity contribution in [3.63, 3.8) is 0 Å². The number of H-pyrrole nitrogens is 1. The van der Waals surface area contributed by atoms with Crippen molar-refractivity contribution in [2.24, 2.45) is 0 Å². The molecule has 7 heteroatoms. The first-order valence-electron chi connectivity index (χ1n) is 8.29. The van der Waals surface area contributed by atoms with Crippen LogP contribution < -0.4 is 5.32 Å². The lowest BCUT2D eigenvalue weighted by atomic mass is 10.0. The van der Waals surface area contributed by atoms with Crippen molar-refractivity contribution in [1.82, 2.24) is 10.3 Å². The second-order valence-corrected chi connectivity index (χ2v) is 7.30. The minimum Gasteiger partial charge on any atom is -0.480 e. The fraction of sp³-hybridized carbons (Fsp3) is 0.100. The Balaban J connectivity index is 1.57. The number of carboxylic acid groups (broad SMARTS) is 1. The highest BCUT2D eigenvalue weighted by atomic mass is 32.1. The number of hydrogen-bond acceptors (Lipinski definition) is 3. The summed E-state index contributed by atoms with van der Waals surface area (Å²) in [6.07, 6.45) is 1.92. The highest BCUT2D eigenvalue weighted by molar-refractivity contribution is 7.20. The van der Waals surface area contributed by atoms with E-state index in [1.807, 2.05) is 24.3 Å². The van der Waals surface area contributed by atoms with Crippen molar-refractivity contribution in [2.75, 3.05) is 0 Å². The molecule has 0 saturated heterocycles. The molecule has 4 aromatic rings. The summed E-state index contributed by atoms with van der Waals surface area (Å²) in [4.78, 5) is 27.7. The Morgan fingerprint density at radius 1 is 1.19 bits per heavy atom. The maximum absolute atomic E-state index is 13.3. The van der Waals surface area contributed by atoms with Crippen LogP contribution in [0.2, 0.25) is 0 Å². The number of para-hydroxylation sites is 1. The Hall–Kier alpha value is -3.19. The van der Waals surface area contributed by atoms with Crippen molar-refractivity contribution < 1.29 is 19.1 Å². The lowest BCUT2D eigenvalue weighted by Gasteiger charge is -2.13. The van der Waals surface area contributed by atoms with Crippen molar-refractivity contribution in [3.8, 4) is 0 Å². The summed E-state index contributed by atoms with van der Waals surface area (Å²) >= 11 is 1.20. The van der Waals surface area contributed by atoms with Gasteiger partial charge in [0.25, 0.3) is 5.91 Å². The van der Waals surface area contributed by atoms with Gasteiger partial charge in [-0.2, -0.15) is 0 Å². The molecule has 5 nitrogen and oxygen atoms in total. The maximum Gasteiger partial charge on any atom is 0.326 e. The number of hydrogen-bond donors (Lipinski definition) is 3. The molecule has 0 unspecified atom stereocenters. The Bertz CT molecular complexity index is 1160. The van der Waals surface area contributed by atoms with Crippen LogP contribution in [0, 0.1) is 5.82 Å². The first-order valence-corrected chi connectivity index (χ1v) is 9.10. The average Bonchev–Trinajstić information content (AvgIpc) is 3.25. The largest absolute Gasteiger partial charge is 0.480 e. The number of carboxylic acids is 1. The van der Waals surface area contributed by atoms with Gasteiger partial charge in [-0.05, 0) is 41.3 Å². The van der Waals surface area contributed by atoms with E-state index in [9.17, 15) is 19.1 Å². The van der Waals surface area contributed by atoms with Crippen molar-refractivity contribution in [3.05, 3.63) is 71.0 Å². The SMILES string of the molecule is O=C(N[C@H](Cc1c[nH]c2ccccc12)C(=O)O)c1cc2cc(F)ccc2s1. The van der Waals surface area contributed by atoms with Gasteiger partial charge < -0.3 is 15.4 Å². The second kappa shape index (κ2) is 6.85. The molecule has 1 amide bonds. The molecule has 2 heterocycles. The first-order chi connectivity index (χ1) is 13.0. The molecule has 0 radical (unpaired) electrons. The second-order valence-electron chi connectivity index (χ2n) is 6.22. The third kappa shape index (κ3) is 3.41. The lowest BCUT2D eigenvalue weighted by Crippen LogP contribution is -2.42. The molecular formula is C20H15FN2O3S. The van der Waals surface area contributed by atoms with Crippen LogP contribution in [0.5, 0.6) is 0 Å². The zero-order valence-corrected chi connectivity index (χ0v) is 14.8. The fourth-order valence-corrected chi connectivity index (χ4v) is 4.02. The number of aromatic nitrogens is 1. The summed E-state index contributed by atoms with van der Waals surface area (Å²) in [6, 6.07) is 12.4. The van der Waals surface area contributed by atoms with Gasteiger partial charge in [0.05, 0.1) is 4.88 Å². The van der Waals surface area contributed by atoms with Gasteiger partial charge in [0.2, 0.25) is 0 Å². The van der Waals surface area contributed by atoms with Crippen molar-refractivity contribution in [1.29, 1.82) is 0 Å². The van der Waals surface area contributed by atoms with Gasteiger partial charge in [0.15, 0.2) is 0 Å². The van der Waals surface area contributed by atoms with Gasteiger partial charge in [-0.15, -0.1) is 11.3 Å². The van der Waals surface area contributed by atoms with E-state index in [-0.39, 0.29) is 12.2 Å². The number of thiophene rings is 1. The number of amides is 1. The van der Waals surface area contributed by atoms with Crippen LogP contribution >= 0.6 is 11.3 Å². The highest BCUT2D eigenvalue weighted by Crippen LogP contribution is 2.26. The van der Waals surface area contributed by atoms with E-state index in [0.29, 0.717) is 10.3 Å². The van der Waals surface area contributed by atoms with Gasteiger partial charge in [-0.25, -0.2) is 9.18 Å². The zero-order chi connectivity index (χ0) is 19.0. The number of nitrogens with one attached hydrogen (secondary N) is 2. The summed E-state index contributed by atoms with van der Waals surface area (Å²) < 4.78 is 14.1. The molecule has 0 aliphatic heterocycles. The van der Waals surface area contributed by atoms with Gasteiger partial charge in [-0.3, -0.25) is 4.79 Å². The number of rotatable bonds is 5. The zero-order valence-electron chi connectivity index (χ0n) is 14.0. The van der Waals surface area contributed by atoms with Crippen LogP contribution in [0.15, 0.2) is 54.7 Å². The van der Waals surface area contributed by atoms with E-state index in [1.165, 1.54) is 23.5 Å². The number of benzene rings is 2. The van der Waals surface area contributed by atoms with Crippen LogP contribution in [0.4, 0.5) is 4.39 Å². The van der Waals surface area contributed by atoms with Crippen LogP contribution in [-0.2, 0) is 11.2 Å². The molecule has 0 aliphatic carbocycles. The molecule has 136 valence electrons. The topological polar surface area (TPSA) is 82.2 Å². The van der Waals surface area contributed by atoms with Crippen LogP contribution in [-0.4, -0.2) is 28.0 Å². The van der Waals surface area contributed by atoms with E-state index in [1.54, 1.807) is 18.3 Å². The minimum absolute atomic E-state index is 0.157.